The average Bonchev–Trinajstić information content (AvgIpc) is 3.23. The van der Waals surface area contributed by atoms with Gasteiger partial charge in [0, 0.05) is 32.0 Å². The maximum Gasteiger partial charge on any atom is 0.309 e. The van der Waals surface area contributed by atoms with E-state index in [4.69, 9.17) is 4.74 Å². The first-order valence-electron chi connectivity index (χ1n) is 8.23. The first-order chi connectivity index (χ1) is 13.1. The van der Waals surface area contributed by atoms with Crippen molar-refractivity contribution in [3.05, 3.63) is 41.2 Å². The van der Waals surface area contributed by atoms with E-state index >= 15 is 0 Å². The number of nitrogens with zero attached hydrogens (tertiary/aromatic N) is 3. The van der Waals surface area contributed by atoms with E-state index in [2.05, 4.69) is 20.7 Å². The summed E-state index contributed by atoms with van der Waals surface area (Å²) in [5, 5.41) is 11.2. The van der Waals surface area contributed by atoms with E-state index in [0.29, 0.717) is 29.4 Å². The van der Waals surface area contributed by atoms with Gasteiger partial charge in [0.25, 0.3) is 0 Å². The van der Waals surface area contributed by atoms with E-state index in [-0.39, 0.29) is 18.9 Å². The van der Waals surface area contributed by atoms with Crippen LogP contribution >= 0.6 is 11.3 Å². The quantitative estimate of drug-likeness (QED) is 0.463. The molecule has 0 saturated heterocycles. The molecule has 27 heavy (non-hydrogen) atoms. The molecule has 0 unspecified atom stereocenters. The first-order valence-corrected chi connectivity index (χ1v) is 9.11. The van der Waals surface area contributed by atoms with Gasteiger partial charge in [0.2, 0.25) is 4.96 Å². The Morgan fingerprint density at radius 2 is 1.96 bits per heavy atom. The van der Waals surface area contributed by atoms with Crippen LogP contribution in [0.2, 0.25) is 0 Å². The summed E-state index contributed by atoms with van der Waals surface area (Å²) in [5.74, 6) is -1.49. The maximum atomic E-state index is 13.9. The molecule has 0 aliphatic rings. The highest BCUT2D eigenvalue weighted by Gasteiger charge is 2.15. The normalized spacial score (nSPS) is 10.9. The molecule has 2 N–H and O–H groups in total. The van der Waals surface area contributed by atoms with Gasteiger partial charge in [-0.25, -0.2) is 8.91 Å². The molecule has 0 spiro atoms. The number of carbonyl (C=O) groups excluding carboxylic acids is 2. The van der Waals surface area contributed by atoms with Crippen molar-refractivity contribution in [3.63, 3.8) is 0 Å². The molecule has 0 aliphatic heterocycles. The highest BCUT2D eigenvalue weighted by atomic mass is 32.1. The number of halogens is 1. The number of rotatable bonds is 7. The minimum atomic E-state index is -0.705. The zero-order valence-corrected chi connectivity index (χ0v) is 15.4. The Balaban J connectivity index is 1.60. The summed E-state index contributed by atoms with van der Waals surface area (Å²) in [6.45, 7) is 0.867. The Morgan fingerprint density at radius 1 is 1.22 bits per heavy atom. The summed E-state index contributed by atoms with van der Waals surface area (Å²) in [6.07, 6.45) is 0.456. The van der Waals surface area contributed by atoms with Crippen molar-refractivity contribution in [1.82, 2.24) is 25.2 Å². The Labute approximate surface area is 158 Å². The number of hydrogen-bond donors (Lipinski definition) is 2. The molecular formula is C17H18FN5O3S. The molecule has 3 aromatic rings. The molecule has 0 aliphatic carbocycles. The zero-order chi connectivity index (χ0) is 19.2. The van der Waals surface area contributed by atoms with E-state index in [9.17, 15) is 14.0 Å². The summed E-state index contributed by atoms with van der Waals surface area (Å²) in [6, 6.07) is 6.31. The highest BCUT2D eigenvalue weighted by molar-refractivity contribution is 7.15. The number of fused-ring (bicyclic) bond motifs is 1. The minimum absolute atomic E-state index is 0.261. The van der Waals surface area contributed by atoms with Crippen LogP contribution in [0.5, 0.6) is 0 Å². The van der Waals surface area contributed by atoms with Gasteiger partial charge in [-0.15, -0.1) is 16.4 Å². The van der Waals surface area contributed by atoms with Crippen molar-refractivity contribution in [3.8, 4) is 11.4 Å². The van der Waals surface area contributed by atoms with Gasteiger partial charge in [-0.2, -0.15) is 4.98 Å². The molecule has 2 heterocycles. The smallest absolute Gasteiger partial charge is 0.309 e. The lowest BCUT2D eigenvalue weighted by Crippen LogP contribution is -2.41. The fourth-order valence-corrected chi connectivity index (χ4v) is 3.24. The monoisotopic (exact) mass is 391 g/mol. The molecule has 8 nitrogen and oxygen atoms in total. The Kier molecular flexibility index (Phi) is 6.09. The van der Waals surface area contributed by atoms with Crippen LogP contribution in [0.1, 0.15) is 5.69 Å². The predicted octanol–water partition coefficient (Wildman–Crippen LogP) is 1.02. The molecule has 0 radical (unpaired) electrons. The van der Waals surface area contributed by atoms with E-state index in [1.54, 1.807) is 22.7 Å². The van der Waals surface area contributed by atoms with Crippen molar-refractivity contribution in [2.24, 2.45) is 0 Å². The van der Waals surface area contributed by atoms with Crippen LogP contribution in [0.4, 0.5) is 4.39 Å². The number of benzene rings is 1. The third-order valence-corrected chi connectivity index (χ3v) is 4.59. The third kappa shape index (κ3) is 4.47. The van der Waals surface area contributed by atoms with E-state index in [1.165, 1.54) is 24.5 Å². The second kappa shape index (κ2) is 8.69. The lowest BCUT2D eigenvalue weighted by atomic mass is 10.2. The second-order valence-corrected chi connectivity index (χ2v) is 6.43. The van der Waals surface area contributed by atoms with Crippen LogP contribution < -0.4 is 10.6 Å². The summed E-state index contributed by atoms with van der Waals surface area (Å²) >= 11 is 1.38. The van der Waals surface area contributed by atoms with Gasteiger partial charge in [-0.1, -0.05) is 12.1 Å². The molecule has 10 heteroatoms. The van der Waals surface area contributed by atoms with Gasteiger partial charge in [0.1, 0.15) is 5.82 Å². The van der Waals surface area contributed by atoms with Crippen molar-refractivity contribution >= 4 is 28.1 Å². The van der Waals surface area contributed by atoms with Gasteiger partial charge < -0.3 is 15.4 Å². The molecular weight excluding hydrogens is 373 g/mol. The van der Waals surface area contributed by atoms with Crippen LogP contribution in [0.25, 0.3) is 16.3 Å². The van der Waals surface area contributed by atoms with Gasteiger partial charge in [0.05, 0.1) is 17.9 Å². The largest absolute Gasteiger partial charge is 0.383 e. The van der Waals surface area contributed by atoms with Crippen molar-refractivity contribution in [1.29, 1.82) is 0 Å². The van der Waals surface area contributed by atoms with Crippen LogP contribution in [-0.4, -0.2) is 53.2 Å². The molecule has 0 bridgehead atoms. The van der Waals surface area contributed by atoms with Crippen molar-refractivity contribution in [2.45, 2.75) is 6.42 Å². The number of methoxy groups -OCH3 is 1. The Bertz CT molecular complexity index is 955. The van der Waals surface area contributed by atoms with E-state index in [0.717, 1.165) is 5.69 Å². The summed E-state index contributed by atoms with van der Waals surface area (Å²) in [4.78, 5) is 28.3. The van der Waals surface area contributed by atoms with Gasteiger partial charge in [-0.05, 0) is 12.1 Å². The van der Waals surface area contributed by atoms with Gasteiger partial charge >= 0.3 is 11.8 Å². The molecule has 0 saturated carbocycles. The number of thiazole rings is 1. The van der Waals surface area contributed by atoms with Crippen LogP contribution in [0, 0.1) is 5.82 Å². The van der Waals surface area contributed by atoms with Crippen LogP contribution in [0.3, 0.4) is 0 Å². The Hall–Kier alpha value is -2.85. The molecule has 0 atom stereocenters. The van der Waals surface area contributed by atoms with E-state index < -0.39 is 11.8 Å². The zero-order valence-electron chi connectivity index (χ0n) is 14.6. The number of aromatic nitrogens is 3. The van der Waals surface area contributed by atoms with E-state index in [1.807, 2.05) is 5.38 Å². The molecule has 1 aromatic carbocycles. The highest BCUT2D eigenvalue weighted by Crippen LogP contribution is 2.23. The van der Waals surface area contributed by atoms with Gasteiger partial charge in [-0.3, -0.25) is 9.59 Å². The summed E-state index contributed by atoms with van der Waals surface area (Å²) in [7, 11) is 1.51. The maximum absolute atomic E-state index is 13.9. The predicted molar refractivity (Wildman–Crippen MR) is 97.9 cm³/mol. The van der Waals surface area contributed by atoms with Crippen LogP contribution in [-0.2, 0) is 20.7 Å². The molecule has 3 rings (SSSR count). The molecule has 2 amide bonds. The number of amides is 2. The summed E-state index contributed by atoms with van der Waals surface area (Å²) in [5.41, 5.74) is 1.14. The standard InChI is InChI=1S/C17H18FN5O3S/c1-26-9-8-20-16(25)15(24)19-7-6-11-10-27-17-21-14(22-23(11)17)12-4-2-3-5-13(12)18/h2-5,10H,6-9H2,1H3,(H,19,24)(H,20,25). The Morgan fingerprint density at radius 3 is 2.70 bits per heavy atom. The lowest BCUT2D eigenvalue weighted by Gasteiger charge is -2.05. The number of hydrogen-bond acceptors (Lipinski definition) is 6. The average molecular weight is 391 g/mol. The second-order valence-electron chi connectivity index (χ2n) is 5.59. The first kappa shape index (κ1) is 18.9. The van der Waals surface area contributed by atoms with Crippen LogP contribution in [0.15, 0.2) is 29.6 Å². The molecule has 0 fully saturated rings. The fraction of sp³-hybridized carbons (Fsp3) is 0.294. The summed E-state index contributed by atoms with van der Waals surface area (Å²) < 4.78 is 20.3. The number of carbonyl (C=O) groups is 2. The third-order valence-electron chi connectivity index (χ3n) is 3.73. The number of ether oxygens (including phenoxy) is 1. The molecule has 2 aromatic heterocycles. The molecule has 142 valence electrons. The van der Waals surface area contributed by atoms with Gasteiger partial charge in [0.15, 0.2) is 5.82 Å². The lowest BCUT2D eigenvalue weighted by molar-refractivity contribution is -0.139. The topological polar surface area (TPSA) is 97.6 Å². The fourth-order valence-electron chi connectivity index (χ4n) is 2.38. The SMILES string of the molecule is COCCNC(=O)C(=O)NCCc1csc2nc(-c3ccccc3F)nn12. The van der Waals surface area contributed by atoms with Crippen molar-refractivity contribution in [2.75, 3.05) is 26.8 Å². The van der Waals surface area contributed by atoms with Crippen molar-refractivity contribution < 1.29 is 18.7 Å². The minimum Gasteiger partial charge on any atom is -0.383 e. The number of nitrogens with one attached hydrogen (secondary N) is 2.